The highest BCUT2D eigenvalue weighted by atomic mass is 35.5. The molecule has 0 radical (unpaired) electrons. The summed E-state index contributed by atoms with van der Waals surface area (Å²) in [7, 11) is 0. The maximum atomic E-state index is 12.6. The lowest BCUT2D eigenvalue weighted by Crippen LogP contribution is -3.00. The standard InChI is InChI=1S/C32H55N2O4S.ClH/c1-4-6-7-8-9-10-11-12-13-14-15-16-17-20-23-37-26-30-24-31(39-30)27-38-32(36)34(28(3)35)25-29-21-18-19-22-33(29)5-2;/h18-19,21-22,30-31H,4-17,20,23-27H2,1-3H3;1H/q+1;/p-1/t30-,31-;/m0./s1. The Bertz CT molecular complexity index is 807. The largest absolute Gasteiger partial charge is 1.00 e. The number of aromatic nitrogens is 1. The van der Waals surface area contributed by atoms with Crippen LogP contribution in [-0.4, -0.2) is 47.2 Å². The molecule has 0 N–H and O–H groups in total. The topological polar surface area (TPSA) is 59.7 Å². The van der Waals surface area contributed by atoms with Crippen LogP contribution < -0.4 is 17.0 Å². The third-order valence-electron chi connectivity index (χ3n) is 7.55. The lowest BCUT2D eigenvalue weighted by atomic mass is 10.0. The van der Waals surface area contributed by atoms with E-state index in [4.69, 9.17) is 9.47 Å². The number of rotatable bonds is 22. The van der Waals surface area contributed by atoms with Gasteiger partial charge in [-0.05, 0) is 19.8 Å². The zero-order chi connectivity index (χ0) is 28.1. The zero-order valence-corrected chi connectivity index (χ0v) is 27.0. The number of amides is 2. The van der Waals surface area contributed by atoms with Crippen LogP contribution in [0.2, 0.25) is 0 Å². The minimum absolute atomic E-state index is 0. The summed E-state index contributed by atoms with van der Waals surface area (Å²) in [6.45, 7) is 8.68. The smallest absolute Gasteiger partial charge is 0.417 e. The molecular weight excluding hydrogens is 544 g/mol. The molecule has 2 heterocycles. The minimum Gasteiger partial charge on any atom is -1.00 e. The Kier molecular flexibility index (Phi) is 21.4. The van der Waals surface area contributed by atoms with Crippen molar-refractivity contribution in [2.75, 3.05) is 19.8 Å². The number of ether oxygens (including phenoxy) is 2. The fourth-order valence-corrected chi connectivity index (χ4v) is 6.25. The normalized spacial score (nSPS) is 16.2. The molecule has 0 aromatic carbocycles. The maximum Gasteiger partial charge on any atom is 0.417 e. The van der Waals surface area contributed by atoms with Crippen LogP contribution in [0.25, 0.3) is 0 Å². The summed E-state index contributed by atoms with van der Waals surface area (Å²) < 4.78 is 13.4. The van der Waals surface area contributed by atoms with Crippen LogP contribution in [-0.2, 0) is 27.4 Å². The van der Waals surface area contributed by atoms with Crippen LogP contribution in [0.4, 0.5) is 4.79 Å². The number of nitrogens with zero attached hydrogens (tertiary/aromatic N) is 2. The number of thioether (sulfide) groups is 1. The second-order valence-corrected chi connectivity index (χ2v) is 12.6. The van der Waals surface area contributed by atoms with Crippen molar-refractivity contribution in [2.24, 2.45) is 0 Å². The molecule has 2 rings (SSSR count). The number of unbranched alkanes of at least 4 members (excludes halogenated alkanes) is 13. The SMILES string of the molecule is CCCCCCCCCCCCCCCCOC[C@@H]1C[C@@H](COC(=O)N(Cc2cccc[n+]2CC)C(C)=O)S1.[Cl-]. The van der Waals surface area contributed by atoms with Gasteiger partial charge in [0.1, 0.15) is 19.7 Å². The first-order valence-electron chi connectivity index (χ1n) is 15.7. The number of hydrogen-bond acceptors (Lipinski definition) is 5. The van der Waals surface area contributed by atoms with Gasteiger partial charge in [0.15, 0.2) is 6.20 Å². The van der Waals surface area contributed by atoms with Gasteiger partial charge in [0.2, 0.25) is 11.6 Å². The van der Waals surface area contributed by atoms with Gasteiger partial charge in [-0.1, -0.05) is 96.5 Å². The molecule has 1 aromatic heterocycles. The van der Waals surface area contributed by atoms with E-state index >= 15 is 0 Å². The quantitative estimate of drug-likeness (QED) is 0.141. The van der Waals surface area contributed by atoms with Gasteiger partial charge in [0.25, 0.3) is 0 Å². The summed E-state index contributed by atoms with van der Waals surface area (Å²) in [6, 6.07) is 5.78. The van der Waals surface area contributed by atoms with Crippen LogP contribution in [0.1, 0.15) is 123 Å². The molecule has 1 aliphatic rings. The van der Waals surface area contributed by atoms with Crippen molar-refractivity contribution in [1.29, 1.82) is 0 Å². The Morgan fingerprint density at radius 2 is 1.43 bits per heavy atom. The Hall–Kier alpha value is -1.31. The summed E-state index contributed by atoms with van der Waals surface area (Å²) in [5.41, 5.74) is 0.904. The van der Waals surface area contributed by atoms with Gasteiger partial charge in [0, 0.05) is 36.2 Å². The third kappa shape index (κ3) is 15.6. The van der Waals surface area contributed by atoms with Gasteiger partial charge < -0.3 is 21.9 Å². The monoisotopic (exact) mass is 598 g/mol. The molecule has 40 heavy (non-hydrogen) atoms. The highest BCUT2D eigenvalue weighted by Crippen LogP contribution is 2.37. The Labute approximate surface area is 254 Å². The number of halogens is 1. The molecule has 6 nitrogen and oxygen atoms in total. The number of pyridine rings is 1. The van der Waals surface area contributed by atoms with E-state index in [1.165, 1.54) is 95.3 Å². The predicted molar refractivity (Wildman–Crippen MR) is 161 cm³/mol. The zero-order valence-electron chi connectivity index (χ0n) is 25.4. The maximum absolute atomic E-state index is 12.6. The van der Waals surface area contributed by atoms with Crippen molar-refractivity contribution in [2.45, 2.75) is 141 Å². The molecule has 230 valence electrons. The van der Waals surface area contributed by atoms with Crippen molar-refractivity contribution in [3.05, 3.63) is 30.1 Å². The molecule has 0 spiro atoms. The average molecular weight is 599 g/mol. The minimum atomic E-state index is -0.563. The molecule has 2 atom stereocenters. The van der Waals surface area contributed by atoms with Gasteiger partial charge in [0.05, 0.1) is 6.61 Å². The summed E-state index contributed by atoms with van der Waals surface area (Å²) >= 11 is 1.82. The molecule has 0 saturated carbocycles. The average Bonchev–Trinajstić information content (AvgIpc) is 2.91. The van der Waals surface area contributed by atoms with Crippen molar-refractivity contribution < 1.29 is 36.0 Å². The van der Waals surface area contributed by atoms with E-state index in [2.05, 4.69) is 6.92 Å². The lowest BCUT2D eigenvalue weighted by molar-refractivity contribution is -0.701. The fraction of sp³-hybridized carbons (Fsp3) is 0.781. The Morgan fingerprint density at radius 3 is 1.98 bits per heavy atom. The van der Waals surface area contributed by atoms with Gasteiger partial charge >= 0.3 is 6.09 Å². The first-order chi connectivity index (χ1) is 19.0. The number of carbonyl (C=O) groups excluding carboxylic acids is 2. The van der Waals surface area contributed by atoms with Gasteiger partial charge in [-0.25, -0.2) is 14.3 Å². The molecule has 1 fully saturated rings. The third-order valence-corrected chi connectivity index (χ3v) is 8.97. The van der Waals surface area contributed by atoms with Crippen LogP contribution >= 0.6 is 11.8 Å². The number of imide groups is 1. The molecule has 0 bridgehead atoms. The van der Waals surface area contributed by atoms with E-state index in [9.17, 15) is 9.59 Å². The Morgan fingerprint density at radius 1 is 0.875 bits per heavy atom. The van der Waals surface area contributed by atoms with E-state index in [0.29, 0.717) is 11.9 Å². The molecule has 1 saturated heterocycles. The van der Waals surface area contributed by atoms with E-state index in [0.717, 1.165) is 38.3 Å². The molecule has 8 heteroatoms. The van der Waals surface area contributed by atoms with E-state index in [1.54, 1.807) is 0 Å². The fourth-order valence-electron chi connectivity index (χ4n) is 5.05. The van der Waals surface area contributed by atoms with Gasteiger partial charge in [-0.15, -0.1) is 11.8 Å². The van der Waals surface area contributed by atoms with Crippen molar-refractivity contribution in [1.82, 2.24) is 4.90 Å². The summed E-state index contributed by atoms with van der Waals surface area (Å²) in [5.74, 6) is -0.303. The summed E-state index contributed by atoms with van der Waals surface area (Å²) in [6.07, 6.45) is 21.6. The van der Waals surface area contributed by atoms with Crippen molar-refractivity contribution >= 4 is 23.8 Å². The predicted octanol–water partition coefficient (Wildman–Crippen LogP) is 4.86. The van der Waals surface area contributed by atoms with Crippen molar-refractivity contribution in [3.8, 4) is 0 Å². The highest BCUT2D eigenvalue weighted by molar-refractivity contribution is 8.01. The first-order valence-corrected chi connectivity index (χ1v) is 16.6. The van der Waals surface area contributed by atoms with Crippen molar-refractivity contribution in [3.63, 3.8) is 0 Å². The number of aryl methyl sites for hydroxylation is 1. The van der Waals surface area contributed by atoms with Crippen LogP contribution in [0, 0.1) is 0 Å². The molecule has 0 aliphatic carbocycles. The van der Waals surface area contributed by atoms with Crippen LogP contribution in [0.3, 0.4) is 0 Å². The molecule has 0 unspecified atom stereocenters. The summed E-state index contributed by atoms with van der Waals surface area (Å²) in [4.78, 5) is 25.9. The highest BCUT2D eigenvalue weighted by Gasteiger charge is 2.32. The molecule has 1 aliphatic heterocycles. The lowest BCUT2D eigenvalue weighted by Gasteiger charge is -2.34. The second-order valence-electron chi connectivity index (χ2n) is 10.9. The molecule has 1 aromatic rings. The Balaban J connectivity index is 0.00000800. The first kappa shape index (κ1) is 36.7. The van der Waals surface area contributed by atoms with Crippen LogP contribution in [0.15, 0.2) is 24.4 Å². The second kappa shape index (κ2) is 23.3. The van der Waals surface area contributed by atoms with E-state index < -0.39 is 6.09 Å². The van der Waals surface area contributed by atoms with Gasteiger partial charge in [-0.3, -0.25) is 4.79 Å². The van der Waals surface area contributed by atoms with Crippen LogP contribution in [0.5, 0.6) is 0 Å². The van der Waals surface area contributed by atoms with E-state index in [-0.39, 0.29) is 30.1 Å². The number of hydrogen-bond donors (Lipinski definition) is 0. The van der Waals surface area contributed by atoms with E-state index in [1.807, 2.05) is 47.6 Å². The molecular formula is C32H55ClN2O4S. The summed E-state index contributed by atoms with van der Waals surface area (Å²) in [5, 5.41) is 0.770. The molecule has 2 amide bonds. The number of carbonyl (C=O) groups is 2. The van der Waals surface area contributed by atoms with Gasteiger partial charge in [-0.2, -0.15) is 0 Å².